The molecular weight excluding hydrogens is 1580 g/mol. The van der Waals surface area contributed by atoms with Crippen LogP contribution in [-0.2, 0) is 99.1 Å². The Bertz CT molecular complexity index is 3800. The second kappa shape index (κ2) is 53.5. The number of phenols is 1. The molecule has 0 aliphatic carbocycles. The van der Waals surface area contributed by atoms with Crippen molar-refractivity contribution in [1.29, 1.82) is 5.41 Å². The molecule has 119 heavy (non-hydrogen) atoms. The summed E-state index contributed by atoms with van der Waals surface area (Å²) in [5.74, 6) is -21.7. The first-order chi connectivity index (χ1) is 56.0. The number of carbonyl (C=O) groups is 18. The van der Waals surface area contributed by atoms with Gasteiger partial charge in [0.15, 0.2) is 5.96 Å². The molecule has 0 saturated carbocycles. The second-order valence-electron chi connectivity index (χ2n) is 29.2. The standard InChI is InChI=1S/C75H118N20O23S/c1-10-40(9)61(93-57(102)33-81-62(105)44(76)28-37(3)4)73(116)95-60(39(7)8)72(115)89-48(23-25-54(77)99)66(109)92-53(36-119)70(113)87-46(18-15-27-80-75(78)79)65(108)91-52(35-97)69(112)94-59(38(5)6)71(114)88-47(24-26-58(103)104)64(107)83-32-56(101)85-51(34-96)68(111)86-45(11-2)63(106)82-31-55(100)84-49(29-41-16-13-12-14-17-41)67(110)90-50(74(117)118)30-42-19-21-43(98)22-20-42/h12-14,16-17,19-22,37-40,44-53,59-61,96-98,119H,10-11,15,18,23-36,76H2,1-9H3,(H2,77,99)(H,81,105)(H,82,106)(H,83,107)(H,84,100)(H,85,101)(H,86,111)(H,87,113)(H,88,114)(H,89,115)(H,90,110)(H,91,108)(H,92,109)(H,93,102)(H,94,112)(H,95,116)(H,103,104)(H,117,118)(H4,78,79,80)/t40-,44-,45?,46-,47-,48-,49?,50?,51?,52-,53?,59?,60-,61?/m0/s1. The summed E-state index contributed by atoms with van der Waals surface area (Å²) < 4.78 is 0. The number of guanidine groups is 1. The average Bonchev–Trinajstić information content (AvgIpc) is 0.850. The van der Waals surface area contributed by atoms with Crippen LogP contribution in [0.4, 0.5) is 0 Å². The number of aliphatic hydroxyl groups is 2. The van der Waals surface area contributed by atoms with Gasteiger partial charge in [-0.1, -0.05) is 111 Å². The van der Waals surface area contributed by atoms with Gasteiger partial charge in [-0.05, 0) is 85.5 Å². The third-order valence-corrected chi connectivity index (χ3v) is 18.6. The number of amides is 16. The molecular formula is C75H118N20O23S. The Morgan fingerprint density at radius 2 is 0.815 bits per heavy atom. The van der Waals surface area contributed by atoms with E-state index in [9.17, 15) is 112 Å². The van der Waals surface area contributed by atoms with E-state index >= 15 is 0 Å². The van der Waals surface area contributed by atoms with Gasteiger partial charge < -0.3 is 128 Å². The van der Waals surface area contributed by atoms with E-state index in [-0.39, 0.29) is 50.3 Å². The molecule has 2 aromatic carbocycles. The van der Waals surface area contributed by atoms with Crippen molar-refractivity contribution in [2.45, 2.75) is 211 Å². The number of nitrogens with one attached hydrogen (secondary N) is 17. The fourth-order valence-corrected chi connectivity index (χ4v) is 11.6. The van der Waals surface area contributed by atoms with Gasteiger partial charge in [-0.25, -0.2) is 4.79 Å². The molecule has 0 fully saturated rings. The van der Waals surface area contributed by atoms with Crippen LogP contribution in [0.5, 0.6) is 5.75 Å². The number of nitrogens with two attached hydrogens (primary N) is 3. The van der Waals surface area contributed by atoms with Crippen LogP contribution in [0.1, 0.15) is 131 Å². The summed E-state index contributed by atoms with van der Waals surface area (Å²) in [6, 6.07) is -5.87. The van der Waals surface area contributed by atoms with Crippen LogP contribution in [0.3, 0.4) is 0 Å². The number of primary amides is 1. The molecule has 0 bridgehead atoms. The minimum atomic E-state index is -1.92. The van der Waals surface area contributed by atoms with Gasteiger partial charge >= 0.3 is 11.9 Å². The van der Waals surface area contributed by atoms with E-state index in [4.69, 9.17) is 22.6 Å². The first kappa shape index (κ1) is 103. The molecule has 2 rings (SSSR count). The molecule has 0 radical (unpaired) electrons. The van der Waals surface area contributed by atoms with Crippen molar-refractivity contribution in [2.24, 2.45) is 40.9 Å². The Morgan fingerprint density at radius 3 is 1.30 bits per heavy atom. The van der Waals surface area contributed by atoms with Crippen molar-refractivity contribution in [2.75, 3.05) is 45.1 Å². The summed E-state index contributed by atoms with van der Waals surface area (Å²) in [7, 11) is 0. The maximum absolute atomic E-state index is 14.2. The SMILES string of the molecule is CCC(NC(=O)C(CO)NC(=O)CNC(=O)[C@H](CCC(=O)O)NC(=O)C(NC(=O)[C@H](CO)NC(=O)[C@H](CCCNC(=N)N)NC(=O)C(CS)NC(=O)[C@H](CCC(N)=O)NC(=O)[C@@H](NC(=O)C(NC(=O)CNC(=O)[C@@H](N)CC(C)C)[C@@H](C)CC)C(C)C)C(C)C)C(=O)NCC(=O)NC(Cc1ccccc1)C(=O)NC(Cc1ccc(O)cc1)C(=O)O. The minimum absolute atomic E-state index is 0.0268. The average molecular weight is 1700 g/mol. The highest BCUT2D eigenvalue weighted by atomic mass is 32.1. The Hall–Kier alpha value is -11.8. The monoisotopic (exact) mass is 1700 g/mol. The van der Waals surface area contributed by atoms with E-state index in [1.165, 1.54) is 45.0 Å². The number of phenolic OH excluding ortho intramolecular Hbond substituents is 1. The lowest BCUT2D eigenvalue weighted by Crippen LogP contribution is -2.62. The third-order valence-electron chi connectivity index (χ3n) is 18.3. The number of carboxylic acids is 2. The van der Waals surface area contributed by atoms with Crippen LogP contribution in [-0.4, -0.2) is 262 Å². The summed E-state index contributed by atoms with van der Waals surface area (Å²) >= 11 is 4.22. The number of thiol groups is 1. The van der Waals surface area contributed by atoms with Crippen LogP contribution in [0.15, 0.2) is 54.6 Å². The highest BCUT2D eigenvalue weighted by molar-refractivity contribution is 7.80. The maximum atomic E-state index is 14.2. The van der Waals surface area contributed by atoms with E-state index in [1.54, 1.807) is 58.0 Å². The third kappa shape index (κ3) is 38.9. The van der Waals surface area contributed by atoms with Gasteiger partial charge in [0, 0.05) is 38.0 Å². The Kier molecular flexibility index (Phi) is 46.4. The molecule has 28 N–H and O–H groups in total. The van der Waals surface area contributed by atoms with Crippen LogP contribution < -0.4 is 102 Å². The molecule has 0 aliphatic heterocycles. The molecule has 44 heteroatoms. The topological polar surface area (TPSA) is 703 Å². The highest BCUT2D eigenvalue weighted by Crippen LogP contribution is 2.16. The number of aliphatic hydroxyl groups excluding tert-OH is 2. The van der Waals surface area contributed by atoms with Gasteiger partial charge in [0.1, 0.15) is 78.3 Å². The molecule has 14 atom stereocenters. The number of hydrogen-bond acceptors (Lipinski definition) is 24. The first-order valence-corrected chi connectivity index (χ1v) is 39.3. The van der Waals surface area contributed by atoms with Crippen LogP contribution in [0.25, 0.3) is 0 Å². The summed E-state index contributed by atoms with van der Waals surface area (Å²) in [6.45, 7) is 9.99. The molecule has 0 spiro atoms. The zero-order valence-electron chi connectivity index (χ0n) is 68.0. The van der Waals surface area contributed by atoms with Gasteiger partial charge in [-0.3, -0.25) is 86.9 Å². The van der Waals surface area contributed by atoms with E-state index < -0.39 is 273 Å². The predicted octanol–water partition coefficient (Wildman–Crippen LogP) is -7.12. The maximum Gasteiger partial charge on any atom is 0.326 e. The number of carbonyl (C=O) groups excluding carboxylic acids is 16. The van der Waals surface area contributed by atoms with Crippen LogP contribution >= 0.6 is 12.6 Å². The quantitative estimate of drug-likeness (QED) is 0.0127. The van der Waals surface area contributed by atoms with Crippen molar-refractivity contribution in [3.05, 3.63) is 65.7 Å². The number of aliphatic carboxylic acids is 2. The molecule has 7 unspecified atom stereocenters. The number of rotatable bonds is 55. The van der Waals surface area contributed by atoms with Gasteiger partial charge in [0.05, 0.1) is 38.9 Å². The number of aromatic hydroxyl groups is 1. The molecule has 0 aromatic heterocycles. The Labute approximate surface area is 693 Å². The number of benzene rings is 2. The normalized spacial score (nSPS) is 14.6. The summed E-state index contributed by atoms with van der Waals surface area (Å²) in [5, 5.41) is 95.7. The van der Waals surface area contributed by atoms with E-state index in [1.807, 2.05) is 13.8 Å². The molecule has 2 aromatic rings. The fraction of sp³-hybridized carbons (Fsp3) is 0.587. The lowest BCUT2D eigenvalue weighted by atomic mass is 9.96. The number of carboxylic acid groups (broad SMARTS) is 2. The van der Waals surface area contributed by atoms with Crippen molar-refractivity contribution in [3.8, 4) is 5.75 Å². The smallest absolute Gasteiger partial charge is 0.326 e. The fourth-order valence-electron chi connectivity index (χ4n) is 11.3. The van der Waals surface area contributed by atoms with Crippen molar-refractivity contribution in [3.63, 3.8) is 0 Å². The summed E-state index contributed by atoms with van der Waals surface area (Å²) in [6.07, 6.45) is -2.38. The molecule has 16 amide bonds. The van der Waals surface area contributed by atoms with Crippen molar-refractivity contribution >= 4 is 125 Å². The molecule has 43 nitrogen and oxygen atoms in total. The summed E-state index contributed by atoms with van der Waals surface area (Å²) in [5.41, 5.74) is 17.8. The zero-order chi connectivity index (χ0) is 89.9. The zero-order valence-corrected chi connectivity index (χ0v) is 68.9. The van der Waals surface area contributed by atoms with Crippen molar-refractivity contribution in [1.82, 2.24) is 85.1 Å². The van der Waals surface area contributed by atoms with Gasteiger partial charge in [-0.15, -0.1) is 0 Å². The molecule has 0 saturated heterocycles. The molecule has 0 heterocycles. The van der Waals surface area contributed by atoms with E-state index in [0.717, 1.165) is 0 Å². The summed E-state index contributed by atoms with van der Waals surface area (Å²) in [4.78, 5) is 241. The van der Waals surface area contributed by atoms with Gasteiger partial charge in [-0.2, -0.15) is 12.6 Å². The number of hydrogen-bond donors (Lipinski definition) is 26. The first-order valence-electron chi connectivity index (χ1n) is 38.6. The van der Waals surface area contributed by atoms with Crippen LogP contribution in [0.2, 0.25) is 0 Å². The second-order valence-corrected chi connectivity index (χ2v) is 29.6. The largest absolute Gasteiger partial charge is 0.508 e. The molecule has 0 aliphatic rings. The minimum Gasteiger partial charge on any atom is -0.508 e. The van der Waals surface area contributed by atoms with Crippen molar-refractivity contribution < 1.29 is 112 Å². The van der Waals surface area contributed by atoms with E-state index in [2.05, 4.69) is 97.7 Å². The van der Waals surface area contributed by atoms with Gasteiger partial charge in [0.25, 0.3) is 0 Å². The van der Waals surface area contributed by atoms with E-state index in [0.29, 0.717) is 24.0 Å². The van der Waals surface area contributed by atoms with Crippen LogP contribution in [0, 0.1) is 29.1 Å². The predicted molar refractivity (Wildman–Crippen MR) is 431 cm³/mol. The lowest BCUT2D eigenvalue weighted by molar-refractivity contribution is -0.142. The Morgan fingerprint density at radius 1 is 0.420 bits per heavy atom. The highest BCUT2D eigenvalue weighted by Gasteiger charge is 2.38. The molecule has 662 valence electrons. The Balaban J connectivity index is 2.25. The van der Waals surface area contributed by atoms with Gasteiger partial charge in [0.2, 0.25) is 94.5 Å². The lowest BCUT2D eigenvalue weighted by Gasteiger charge is -2.29.